The number of hydrogen-bond acceptors (Lipinski definition) is 1. The standard InChI is InChI=1S/C12H22N2/c1-5-7-11-8-6-9-14(11)10-13-12(2,3)4/h5,10-11H,1,6-9H2,2-4H3. The Hall–Kier alpha value is -0.790. The third-order valence-electron chi connectivity index (χ3n) is 2.45. The molecule has 0 saturated carbocycles. The molecule has 1 atom stereocenters. The summed E-state index contributed by atoms with van der Waals surface area (Å²) in [5.41, 5.74) is 0.0430. The molecule has 14 heavy (non-hydrogen) atoms. The monoisotopic (exact) mass is 194 g/mol. The molecule has 1 aliphatic rings. The van der Waals surface area contributed by atoms with Crippen molar-refractivity contribution in [1.29, 1.82) is 0 Å². The van der Waals surface area contributed by atoms with Gasteiger partial charge in [0.05, 0.1) is 11.9 Å². The lowest BCUT2D eigenvalue weighted by atomic mass is 10.1. The van der Waals surface area contributed by atoms with Gasteiger partial charge >= 0.3 is 0 Å². The largest absolute Gasteiger partial charge is 0.360 e. The van der Waals surface area contributed by atoms with Gasteiger partial charge in [0.25, 0.3) is 0 Å². The van der Waals surface area contributed by atoms with Crippen molar-refractivity contribution in [1.82, 2.24) is 4.90 Å². The number of likely N-dealkylation sites (tertiary alicyclic amines) is 1. The van der Waals surface area contributed by atoms with Crippen molar-refractivity contribution in [2.45, 2.75) is 51.6 Å². The van der Waals surface area contributed by atoms with Gasteiger partial charge in [0, 0.05) is 12.6 Å². The van der Waals surface area contributed by atoms with Gasteiger partial charge in [-0.2, -0.15) is 0 Å². The Bertz CT molecular complexity index is 213. The van der Waals surface area contributed by atoms with E-state index in [0.29, 0.717) is 6.04 Å². The molecule has 1 heterocycles. The third kappa shape index (κ3) is 3.52. The Kier molecular flexibility index (Phi) is 3.73. The van der Waals surface area contributed by atoms with Crippen LogP contribution in [-0.2, 0) is 0 Å². The van der Waals surface area contributed by atoms with Crippen molar-refractivity contribution in [3.05, 3.63) is 12.7 Å². The Labute approximate surface area is 87.7 Å². The first-order valence-corrected chi connectivity index (χ1v) is 5.45. The van der Waals surface area contributed by atoms with E-state index in [4.69, 9.17) is 0 Å². The van der Waals surface area contributed by atoms with Crippen molar-refractivity contribution in [2.75, 3.05) is 6.54 Å². The van der Waals surface area contributed by atoms with Gasteiger partial charge in [-0.1, -0.05) is 6.08 Å². The highest BCUT2D eigenvalue weighted by atomic mass is 15.2. The number of aliphatic imine (C=N–C) groups is 1. The van der Waals surface area contributed by atoms with Crippen LogP contribution >= 0.6 is 0 Å². The molecular weight excluding hydrogens is 172 g/mol. The van der Waals surface area contributed by atoms with E-state index in [-0.39, 0.29) is 5.54 Å². The van der Waals surface area contributed by atoms with Crippen LogP contribution in [0.1, 0.15) is 40.0 Å². The van der Waals surface area contributed by atoms with Crippen LogP contribution in [0.15, 0.2) is 17.6 Å². The second-order valence-corrected chi connectivity index (χ2v) is 4.97. The summed E-state index contributed by atoms with van der Waals surface area (Å²) >= 11 is 0. The number of nitrogens with zero attached hydrogens (tertiary/aromatic N) is 2. The van der Waals surface area contributed by atoms with E-state index in [1.165, 1.54) is 12.8 Å². The molecule has 0 aliphatic carbocycles. The Balaban J connectivity index is 2.50. The molecule has 0 aromatic rings. The molecule has 0 radical (unpaired) electrons. The summed E-state index contributed by atoms with van der Waals surface area (Å²) in [7, 11) is 0. The zero-order chi connectivity index (χ0) is 10.6. The smallest absolute Gasteiger partial charge is 0.0858 e. The van der Waals surface area contributed by atoms with Gasteiger partial charge in [-0.3, -0.25) is 4.99 Å². The van der Waals surface area contributed by atoms with Crippen LogP contribution in [0.25, 0.3) is 0 Å². The van der Waals surface area contributed by atoms with E-state index in [1.807, 2.05) is 12.4 Å². The molecule has 1 saturated heterocycles. The number of hydrogen-bond donors (Lipinski definition) is 0. The summed E-state index contributed by atoms with van der Waals surface area (Å²) in [5.74, 6) is 0. The average molecular weight is 194 g/mol. The van der Waals surface area contributed by atoms with Crippen molar-refractivity contribution in [3.63, 3.8) is 0 Å². The minimum Gasteiger partial charge on any atom is -0.360 e. The predicted octanol–water partition coefficient (Wildman–Crippen LogP) is 2.85. The van der Waals surface area contributed by atoms with Crippen LogP contribution in [0.5, 0.6) is 0 Å². The van der Waals surface area contributed by atoms with E-state index < -0.39 is 0 Å². The van der Waals surface area contributed by atoms with Crippen LogP contribution in [0.3, 0.4) is 0 Å². The highest BCUT2D eigenvalue weighted by Crippen LogP contribution is 2.19. The normalized spacial score (nSPS) is 23.4. The van der Waals surface area contributed by atoms with Crippen molar-refractivity contribution in [3.8, 4) is 0 Å². The predicted molar refractivity (Wildman–Crippen MR) is 62.8 cm³/mol. The van der Waals surface area contributed by atoms with Gasteiger partial charge in [-0.05, 0) is 40.0 Å². The van der Waals surface area contributed by atoms with E-state index in [2.05, 4.69) is 37.2 Å². The van der Waals surface area contributed by atoms with Crippen molar-refractivity contribution in [2.24, 2.45) is 4.99 Å². The highest BCUT2D eigenvalue weighted by molar-refractivity contribution is 5.56. The van der Waals surface area contributed by atoms with Gasteiger partial charge in [0.1, 0.15) is 0 Å². The van der Waals surface area contributed by atoms with Gasteiger partial charge in [0.15, 0.2) is 0 Å². The maximum atomic E-state index is 4.54. The Morgan fingerprint density at radius 1 is 1.50 bits per heavy atom. The maximum Gasteiger partial charge on any atom is 0.0858 e. The van der Waals surface area contributed by atoms with Gasteiger partial charge in [-0.25, -0.2) is 0 Å². The zero-order valence-corrected chi connectivity index (χ0v) is 9.66. The van der Waals surface area contributed by atoms with Gasteiger partial charge < -0.3 is 4.90 Å². The summed E-state index contributed by atoms with van der Waals surface area (Å²) in [6.07, 6.45) is 7.68. The second-order valence-electron chi connectivity index (χ2n) is 4.97. The molecule has 1 fully saturated rings. The molecule has 1 rings (SSSR count). The molecule has 1 unspecified atom stereocenters. The summed E-state index contributed by atoms with van der Waals surface area (Å²) in [4.78, 5) is 6.89. The van der Waals surface area contributed by atoms with E-state index in [0.717, 1.165) is 13.0 Å². The average Bonchev–Trinajstić information content (AvgIpc) is 2.48. The van der Waals surface area contributed by atoms with Crippen LogP contribution in [0, 0.1) is 0 Å². The molecule has 80 valence electrons. The molecular formula is C12H22N2. The minimum atomic E-state index is 0.0430. The first-order chi connectivity index (χ1) is 6.53. The molecule has 0 aromatic carbocycles. The molecule has 0 bridgehead atoms. The first-order valence-electron chi connectivity index (χ1n) is 5.45. The summed E-state index contributed by atoms with van der Waals surface area (Å²) in [5, 5.41) is 0. The zero-order valence-electron chi connectivity index (χ0n) is 9.66. The van der Waals surface area contributed by atoms with Gasteiger partial charge in [-0.15, -0.1) is 6.58 Å². The topological polar surface area (TPSA) is 15.6 Å². The fourth-order valence-electron chi connectivity index (χ4n) is 1.70. The second kappa shape index (κ2) is 4.63. The molecule has 0 aromatic heterocycles. The van der Waals surface area contributed by atoms with Crippen LogP contribution < -0.4 is 0 Å². The first kappa shape index (κ1) is 11.3. The fourth-order valence-corrected chi connectivity index (χ4v) is 1.70. The van der Waals surface area contributed by atoms with E-state index in [9.17, 15) is 0 Å². The third-order valence-corrected chi connectivity index (χ3v) is 2.45. The lowest BCUT2D eigenvalue weighted by Crippen LogP contribution is -2.28. The molecule has 0 N–H and O–H groups in total. The molecule has 2 heteroatoms. The summed E-state index contributed by atoms with van der Waals surface area (Å²) in [6, 6.07) is 0.638. The van der Waals surface area contributed by atoms with Crippen LogP contribution in [-0.4, -0.2) is 29.4 Å². The fraction of sp³-hybridized carbons (Fsp3) is 0.750. The quantitative estimate of drug-likeness (QED) is 0.383. The Morgan fingerprint density at radius 3 is 2.79 bits per heavy atom. The summed E-state index contributed by atoms with van der Waals surface area (Å²) in [6.45, 7) is 11.3. The molecule has 1 aliphatic heterocycles. The maximum absolute atomic E-state index is 4.54. The molecule has 2 nitrogen and oxygen atoms in total. The number of rotatable bonds is 3. The van der Waals surface area contributed by atoms with Gasteiger partial charge in [0.2, 0.25) is 0 Å². The van der Waals surface area contributed by atoms with Crippen molar-refractivity contribution < 1.29 is 0 Å². The molecule has 0 amide bonds. The van der Waals surface area contributed by atoms with Crippen LogP contribution in [0.2, 0.25) is 0 Å². The lowest BCUT2D eigenvalue weighted by molar-refractivity contribution is 0.396. The van der Waals surface area contributed by atoms with E-state index in [1.54, 1.807) is 0 Å². The minimum absolute atomic E-state index is 0.0430. The molecule has 0 spiro atoms. The van der Waals surface area contributed by atoms with Crippen molar-refractivity contribution >= 4 is 6.34 Å². The van der Waals surface area contributed by atoms with Crippen LogP contribution in [0.4, 0.5) is 0 Å². The lowest BCUT2D eigenvalue weighted by Gasteiger charge is -2.22. The highest BCUT2D eigenvalue weighted by Gasteiger charge is 2.21. The SMILES string of the molecule is C=CCC1CCCN1C=NC(C)(C)C. The Morgan fingerprint density at radius 2 is 2.21 bits per heavy atom. The van der Waals surface area contributed by atoms with E-state index >= 15 is 0 Å². The summed E-state index contributed by atoms with van der Waals surface area (Å²) < 4.78 is 0.